The quantitative estimate of drug-likeness (QED) is 0.769. The Balaban J connectivity index is 3.08. The van der Waals surface area contributed by atoms with E-state index in [0.29, 0.717) is 0 Å². The molecular formula is C8H10F2N2O3S. The molecule has 0 fully saturated rings. The van der Waals surface area contributed by atoms with Crippen molar-refractivity contribution < 1.29 is 21.9 Å². The molecule has 0 atom stereocenters. The number of anilines is 1. The van der Waals surface area contributed by atoms with Crippen molar-refractivity contribution in [3.63, 3.8) is 0 Å². The van der Waals surface area contributed by atoms with E-state index >= 15 is 0 Å². The van der Waals surface area contributed by atoms with E-state index in [1.54, 1.807) is 0 Å². The van der Waals surface area contributed by atoms with Crippen molar-refractivity contribution in [3.05, 3.63) is 23.8 Å². The molecule has 5 nitrogen and oxygen atoms in total. The zero-order chi connectivity index (χ0) is 12.3. The zero-order valence-electron chi connectivity index (χ0n) is 8.06. The lowest BCUT2D eigenvalue weighted by Crippen LogP contribution is -2.16. The molecule has 4 N–H and O–H groups in total. The van der Waals surface area contributed by atoms with Gasteiger partial charge in [-0.25, -0.2) is 13.6 Å². The molecule has 0 aliphatic rings. The first-order chi connectivity index (χ1) is 7.28. The fourth-order valence-electron chi connectivity index (χ4n) is 1.14. The highest BCUT2D eigenvalue weighted by molar-refractivity contribution is 7.88. The summed E-state index contributed by atoms with van der Waals surface area (Å²) in [5.74, 6) is -0.863. The molecule has 0 radical (unpaired) electrons. The molecule has 0 saturated heterocycles. The Hall–Kier alpha value is -1.41. The van der Waals surface area contributed by atoms with Crippen LogP contribution in [0.2, 0.25) is 0 Å². The molecule has 0 saturated carbocycles. The number of nitrogens with two attached hydrogens (primary N) is 2. The second-order valence-corrected chi connectivity index (χ2v) is 4.67. The average Bonchev–Trinajstić information content (AvgIpc) is 2.06. The van der Waals surface area contributed by atoms with Gasteiger partial charge in [0.05, 0.1) is 5.75 Å². The van der Waals surface area contributed by atoms with E-state index in [1.165, 1.54) is 18.2 Å². The number of alkyl halides is 2. The maximum absolute atomic E-state index is 12.0. The van der Waals surface area contributed by atoms with Gasteiger partial charge in [0.15, 0.2) is 0 Å². The van der Waals surface area contributed by atoms with Gasteiger partial charge in [0.2, 0.25) is 10.0 Å². The van der Waals surface area contributed by atoms with Gasteiger partial charge in [0, 0.05) is 11.3 Å². The van der Waals surface area contributed by atoms with Gasteiger partial charge in [0.25, 0.3) is 0 Å². The Morgan fingerprint density at radius 3 is 2.50 bits per heavy atom. The minimum absolute atomic E-state index is 0.00259. The summed E-state index contributed by atoms with van der Waals surface area (Å²) >= 11 is 0. The van der Waals surface area contributed by atoms with Crippen molar-refractivity contribution in [1.29, 1.82) is 0 Å². The Labute approximate surface area is 91.0 Å². The third-order valence-corrected chi connectivity index (χ3v) is 2.37. The van der Waals surface area contributed by atoms with Gasteiger partial charge >= 0.3 is 6.61 Å². The van der Waals surface area contributed by atoms with Gasteiger partial charge in [-0.2, -0.15) is 8.78 Å². The molecular weight excluding hydrogens is 242 g/mol. The van der Waals surface area contributed by atoms with E-state index in [-0.39, 0.29) is 17.0 Å². The summed E-state index contributed by atoms with van der Waals surface area (Å²) in [5, 5.41) is 4.81. The Kier molecular flexibility index (Phi) is 3.66. The van der Waals surface area contributed by atoms with Crippen LogP contribution in [-0.2, 0) is 15.8 Å². The van der Waals surface area contributed by atoms with Gasteiger partial charge in [-0.15, -0.1) is 0 Å². The van der Waals surface area contributed by atoms with E-state index in [4.69, 9.17) is 10.9 Å². The second-order valence-electron chi connectivity index (χ2n) is 3.05. The first kappa shape index (κ1) is 12.7. The van der Waals surface area contributed by atoms with Crippen LogP contribution in [0.15, 0.2) is 18.2 Å². The molecule has 16 heavy (non-hydrogen) atoms. The number of nitrogen functional groups attached to an aromatic ring is 1. The molecule has 0 aliphatic heterocycles. The lowest BCUT2D eigenvalue weighted by molar-refractivity contribution is -0.0503. The predicted octanol–water partition coefficient (Wildman–Crippen LogP) is 0.659. The number of rotatable bonds is 4. The van der Waals surface area contributed by atoms with Crippen LogP contribution < -0.4 is 15.6 Å². The van der Waals surface area contributed by atoms with Crippen LogP contribution >= 0.6 is 0 Å². The zero-order valence-corrected chi connectivity index (χ0v) is 8.88. The highest BCUT2D eigenvalue weighted by atomic mass is 32.2. The fraction of sp³-hybridized carbons (Fsp3) is 0.250. The van der Waals surface area contributed by atoms with Crippen LogP contribution in [0.4, 0.5) is 14.5 Å². The fourth-order valence-corrected chi connectivity index (χ4v) is 1.80. The van der Waals surface area contributed by atoms with Gasteiger partial charge in [-0.3, -0.25) is 0 Å². The smallest absolute Gasteiger partial charge is 0.387 e. The minimum Gasteiger partial charge on any atom is -0.435 e. The first-order valence-corrected chi connectivity index (χ1v) is 5.83. The Morgan fingerprint density at radius 1 is 1.38 bits per heavy atom. The lowest BCUT2D eigenvalue weighted by atomic mass is 10.2. The van der Waals surface area contributed by atoms with Gasteiger partial charge in [0.1, 0.15) is 5.75 Å². The number of hydrogen-bond acceptors (Lipinski definition) is 4. The summed E-state index contributed by atoms with van der Waals surface area (Å²) < 4.78 is 49.8. The molecule has 0 heterocycles. The van der Waals surface area contributed by atoms with Crippen LogP contribution in [0.1, 0.15) is 5.56 Å². The molecule has 1 rings (SSSR count). The van der Waals surface area contributed by atoms with E-state index in [1.807, 2.05) is 0 Å². The third kappa shape index (κ3) is 3.99. The molecule has 1 aromatic rings. The summed E-state index contributed by atoms with van der Waals surface area (Å²) in [4.78, 5) is 0. The Bertz CT molecular complexity index is 476. The van der Waals surface area contributed by atoms with E-state index in [0.717, 1.165) is 0 Å². The summed E-state index contributed by atoms with van der Waals surface area (Å²) in [5.41, 5.74) is 5.64. The highest BCUT2D eigenvalue weighted by Crippen LogP contribution is 2.24. The lowest BCUT2D eigenvalue weighted by Gasteiger charge is -2.10. The van der Waals surface area contributed by atoms with Gasteiger partial charge < -0.3 is 10.5 Å². The summed E-state index contributed by atoms with van der Waals surface area (Å²) in [7, 11) is -3.83. The number of benzene rings is 1. The maximum atomic E-state index is 12.0. The number of ether oxygens (including phenoxy) is 1. The van der Waals surface area contributed by atoms with E-state index < -0.39 is 22.4 Å². The average molecular weight is 252 g/mol. The summed E-state index contributed by atoms with van der Waals surface area (Å²) in [6.45, 7) is -3.04. The predicted molar refractivity (Wildman–Crippen MR) is 54.3 cm³/mol. The van der Waals surface area contributed by atoms with Crippen molar-refractivity contribution in [2.45, 2.75) is 12.4 Å². The van der Waals surface area contributed by atoms with Crippen molar-refractivity contribution in [2.24, 2.45) is 5.14 Å². The van der Waals surface area contributed by atoms with Crippen LogP contribution in [0.5, 0.6) is 5.75 Å². The van der Waals surface area contributed by atoms with Crippen molar-refractivity contribution in [3.8, 4) is 5.75 Å². The van der Waals surface area contributed by atoms with Gasteiger partial charge in [-0.1, -0.05) is 0 Å². The van der Waals surface area contributed by atoms with Crippen molar-refractivity contribution in [1.82, 2.24) is 0 Å². The largest absolute Gasteiger partial charge is 0.435 e. The summed E-state index contributed by atoms with van der Waals surface area (Å²) in [6, 6.07) is 3.72. The molecule has 90 valence electrons. The van der Waals surface area contributed by atoms with Crippen molar-refractivity contribution in [2.75, 3.05) is 5.73 Å². The Morgan fingerprint density at radius 2 is 2.00 bits per heavy atom. The summed E-state index contributed by atoms with van der Waals surface area (Å²) in [6.07, 6.45) is 0. The third-order valence-electron chi connectivity index (χ3n) is 1.66. The number of hydrogen-bond donors (Lipinski definition) is 2. The first-order valence-electron chi connectivity index (χ1n) is 4.11. The normalized spacial score (nSPS) is 11.8. The number of halogens is 2. The van der Waals surface area contributed by atoms with Crippen LogP contribution in [0.3, 0.4) is 0 Å². The minimum atomic E-state index is -3.83. The monoisotopic (exact) mass is 252 g/mol. The second kappa shape index (κ2) is 4.62. The molecule has 0 spiro atoms. The van der Waals surface area contributed by atoms with E-state index in [9.17, 15) is 17.2 Å². The molecule has 0 aromatic heterocycles. The SMILES string of the molecule is Nc1ccc(OC(F)F)c(CS(N)(=O)=O)c1. The maximum Gasteiger partial charge on any atom is 0.387 e. The van der Waals surface area contributed by atoms with Crippen LogP contribution in [0.25, 0.3) is 0 Å². The van der Waals surface area contributed by atoms with Crippen LogP contribution in [-0.4, -0.2) is 15.0 Å². The topological polar surface area (TPSA) is 95.4 Å². The molecule has 0 unspecified atom stereocenters. The van der Waals surface area contributed by atoms with Crippen molar-refractivity contribution >= 4 is 15.7 Å². The van der Waals surface area contributed by atoms with Gasteiger partial charge in [-0.05, 0) is 18.2 Å². The molecule has 8 heteroatoms. The van der Waals surface area contributed by atoms with Crippen LogP contribution in [0, 0.1) is 0 Å². The standard InChI is InChI=1S/C8H10F2N2O3S/c9-8(10)15-7-2-1-6(11)3-5(7)4-16(12,13)14/h1-3,8H,4,11H2,(H2,12,13,14). The number of sulfonamides is 1. The van der Waals surface area contributed by atoms with E-state index in [2.05, 4.69) is 4.74 Å². The molecule has 0 aliphatic carbocycles. The highest BCUT2D eigenvalue weighted by Gasteiger charge is 2.14. The molecule has 0 bridgehead atoms. The number of primary sulfonamides is 1. The molecule has 0 amide bonds. The molecule has 1 aromatic carbocycles.